The molecule has 0 aromatic heterocycles. The first-order valence-corrected chi connectivity index (χ1v) is 7.00. The van der Waals surface area contributed by atoms with E-state index in [1.807, 2.05) is 0 Å². The van der Waals surface area contributed by atoms with E-state index in [1.54, 1.807) is 0 Å². The molecule has 1 unspecified atom stereocenters. The molecule has 1 aliphatic carbocycles. The summed E-state index contributed by atoms with van der Waals surface area (Å²) < 4.78 is 5.31. The number of hydrogen-bond donors (Lipinski definition) is 1. The third-order valence-corrected chi connectivity index (χ3v) is 3.66. The van der Waals surface area contributed by atoms with Gasteiger partial charge in [0.15, 0.2) is 0 Å². The van der Waals surface area contributed by atoms with E-state index in [9.17, 15) is 4.79 Å². The highest BCUT2D eigenvalue weighted by atomic mass is 16.5. The normalized spacial score (nSPS) is 20.9. The number of rotatable bonds is 6. The first kappa shape index (κ1) is 14.5. The predicted molar refractivity (Wildman–Crippen MR) is 69.7 cm³/mol. The van der Waals surface area contributed by atoms with Crippen LogP contribution >= 0.6 is 0 Å². The highest BCUT2D eigenvalue weighted by Gasteiger charge is 2.30. The molecule has 17 heavy (non-hydrogen) atoms. The van der Waals surface area contributed by atoms with Crippen LogP contribution in [0.5, 0.6) is 0 Å². The molecular weight excluding hydrogens is 214 g/mol. The summed E-state index contributed by atoms with van der Waals surface area (Å²) in [5, 5.41) is 0. The van der Waals surface area contributed by atoms with Crippen LogP contribution in [0.25, 0.3) is 0 Å². The van der Waals surface area contributed by atoms with E-state index < -0.39 is 0 Å². The van der Waals surface area contributed by atoms with Gasteiger partial charge in [0.1, 0.15) is 0 Å². The van der Waals surface area contributed by atoms with Crippen LogP contribution in [-0.4, -0.2) is 18.1 Å². The zero-order valence-electron chi connectivity index (χ0n) is 11.3. The van der Waals surface area contributed by atoms with E-state index in [0.717, 1.165) is 38.5 Å². The van der Waals surface area contributed by atoms with Crippen molar-refractivity contribution >= 4 is 5.97 Å². The fourth-order valence-corrected chi connectivity index (χ4v) is 2.58. The lowest BCUT2D eigenvalue weighted by Crippen LogP contribution is -2.44. The molecule has 0 radical (unpaired) electrons. The van der Waals surface area contributed by atoms with Crippen LogP contribution in [0.4, 0.5) is 0 Å². The van der Waals surface area contributed by atoms with E-state index in [1.165, 1.54) is 6.42 Å². The number of nitrogens with two attached hydrogens (primary N) is 1. The highest BCUT2D eigenvalue weighted by Crippen LogP contribution is 2.28. The monoisotopic (exact) mass is 241 g/mol. The van der Waals surface area contributed by atoms with Crippen molar-refractivity contribution in [2.75, 3.05) is 6.61 Å². The lowest BCUT2D eigenvalue weighted by Gasteiger charge is -2.32. The molecule has 100 valence electrons. The lowest BCUT2D eigenvalue weighted by atomic mass is 9.80. The molecule has 0 aromatic carbocycles. The molecule has 1 fully saturated rings. The first-order valence-electron chi connectivity index (χ1n) is 7.00. The molecule has 3 nitrogen and oxygen atoms in total. The summed E-state index contributed by atoms with van der Waals surface area (Å²) in [6, 6.07) is 0. The summed E-state index contributed by atoms with van der Waals surface area (Å²) in [6.07, 6.45) is 8.12. The third kappa shape index (κ3) is 5.53. The highest BCUT2D eigenvalue weighted by molar-refractivity contribution is 5.70. The number of hydrogen-bond acceptors (Lipinski definition) is 3. The Hall–Kier alpha value is -0.570. The van der Waals surface area contributed by atoms with Crippen LogP contribution in [0.3, 0.4) is 0 Å². The second-order valence-corrected chi connectivity index (χ2v) is 5.68. The molecule has 3 heteroatoms. The Morgan fingerprint density at radius 3 is 2.59 bits per heavy atom. The van der Waals surface area contributed by atoms with E-state index >= 15 is 0 Å². The van der Waals surface area contributed by atoms with Crippen molar-refractivity contribution in [1.29, 1.82) is 0 Å². The molecule has 1 aliphatic rings. The van der Waals surface area contributed by atoms with Crippen LogP contribution in [0, 0.1) is 5.92 Å². The van der Waals surface area contributed by atoms with Gasteiger partial charge in [0.25, 0.3) is 0 Å². The van der Waals surface area contributed by atoms with Crippen LogP contribution in [0.2, 0.25) is 0 Å². The molecule has 0 bridgehead atoms. The Labute approximate surface area is 105 Å². The number of esters is 1. The van der Waals surface area contributed by atoms with Gasteiger partial charge in [-0.2, -0.15) is 0 Å². The molecule has 0 aliphatic heterocycles. The van der Waals surface area contributed by atoms with E-state index in [-0.39, 0.29) is 11.5 Å². The van der Waals surface area contributed by atoms with Crippen molar-refractivity contribution in [2.24, 2.45) is 11.7 Å². The van der Waals surface area contributed by atoms with Gasteiger partial charge in [-0.05, 0) is 25.2 Å². The van der Waals surface area contributed by atoms with Gasteiger partial charge in [-0.1, -0.05) is 39.5 Å². The van der Waals surface area contributed by atoms with Gasteiger partial charge in [-0.3, -0.25) is 4.79 Å². The Morgan fingerprint density at radius 2 is 2.00 bits per heavy atom. The van der Waals surface area contributed by atoms with Gasteiger partial charge < -0.3 is 10.5 Å². The smallest absolute Gasteiger partial charge is 0.307 e. The van der Waals surface area contributed by atoms with Crippen molar-refractivity contribution in [3.8, 4) is 0 Å². The zero-order chi connectivity index (χ0) is 12.7. The molecule has 1 saturated carbocycles. The van der Waals surface area contributed by atoms with Crippen LogP contribution in [0.1, 0.15) is 65.2 Å². The maximum absolute atomic E-state index is 11.7. The van der Waals surface area contributed by atoms with Gasteiger partial charge in [0, 0.05) is 5.54 Å². The van der Waals surface area contributed by atoms with Crippen LogP contribution < -0.4 is 5.73 Å². The predicted octanol–water partition coefficient (Wildman–Crippen LogP) is 3.02. The molecule has 0 heterocycles. The number of carbonyl (C=O) groups excluding carboxylic acids is 1. The van der Waals surface area contributed by atoms with E-state index in [2.05, 4.69) is 13.8 Å². The van der Waals surface area contributed by atoms with Crippen molar-refractivity contribution < 1.29 is 9.53 Å². The Morgan fingerprint density at radius 1 is 1.35 bits per heavy atom. The Kier molecular flexibility index (Phi) is 5.96. The minimum atomic E-state index is -0.288. The standard InChI is InChI=1S/C14H27NO2/c1-3-7-12(2)11-17-13(16)10-14(15)8-5-4-6-9-14/h12H,3-11,15H2,1-2H3. The quantitative estimate of drug-likeness (QED) is 0.727. The Balaban J connectivity index is 2.24. The summed E-state index contributed by atoms with van der Waals surface area (Å²) in [4.78, 5) is 11.7. The first-order chi connectivity index (χ1) is 8.06. The number of ether oxygens (including phenoxy) is 1. The largest absolute Gasteiger partial charge is 0.465 e. The van der Waals surface area contributed by atoms with Crippen molar-refractivity contribution in [3.63, 3.8) is 0 Å². The summed E-state index contributed by atoms with van der Waals surface area (Å²) in [6.45, 7) is 4.81. The fourth-order valence-electron chi connectivity index (χ4n) is 2.58. The molecule has 0 amide bonds. The van der Waals surface area contributed by atoms with Gasteiger partial charge >= 0.3 is 5.97 Å². The van der Waals surface area contributed by atoms with Gasteiger partial charge in [0.2, 0.25) is 0 Å². The van der Waals surface area contributed by atoms with Gasteiger partial charge in [-0.15, -0.1) is 0 Å². The Bertz CT molecular complexity index is 234. The topological polar surface area (TPSA) is 52.3 Å². The van der Waals surface area contributed by atoms with Gasteiger partial charge in [-0.25, -0.2) is 0 Å². The molecule has 1 atom stereocenters. The van der Waals surface area contributed by atoms with E-state index in [0.29, 0.717) is 18.9 Å². The second-order valence-electron chi connectivity index (χ2n) is 5.68. The van der Waals surface area contributed by atoms with Crippen molar-refractivity contribution in [2.45, 2.75) is 70.8 Å². The second kappa shape index (κ2) is 7.00. The average Bonchev–Trinajstić information content (AvgIpc) is 2.27. The van der Waals surface area contributed by atoms with E-state index in [4.69, 9.17) is 10.5 Å². The average molecular weight is 241 g/mol. The third-order valence-electron chi connectivity index (χ3n) is 3.66. The van der Waals surface area contributed by atoms with Crippen LogP contribution in [-0.2, 0) is 9.53 Å². The molecule has 0 aromatic rings. The molecule has 0 saturated heterocycles. The summed E-state index contributed by atoms with van der Waals surface area (Å²) in [5.74, 6) is 0.349. The van der Waals surface area contributed by atoms with Crippen LogP contribution in [0.15, 0.2) is 0 Å². The van der Waals surface area contributed by atoms with Gasteiger partial charge in [0.05, 0.1) is 13.0 Å². The summed E-state index contributed by atoms with van der Waals surface area (Å²) >= 11 is 0. The maximum atomic E-state index is 11.7. The van der Waals surface area contributed by atoms with Crippen molar-refractivity contribution in [1.82, 2.24) is 0 Å². The summed E-state index contributed by atoms with van der Waals surface area (Å²) in [5.41, 5.74) is 5.94. The minimum absolute atomic E-state index is 0.114. The molecule has 1 rings (SSSR count). The minimum Gasteiger partial charge on any atom is -0.465 e. The molecular formula is C14H27NO2. The SMILES string of the molecule is CCCC(C)COC(=O)CC1(N)CCCCC1. The molecule has 0 spiro atoms. The molecule has 2 N–H and O–H groups in total. The number of carbonyl (C=O) groups is 1. The maximum Gasteiger partial charge on any atom is 0.307 e. The fraction of sp³-hybridized carbons (Fsp3) is 0.929. The van der Waals surface area contributed by atoms with Crippen molar-refractivity contribution in [3.05, 3.63) is 0 Å². The lowest BCUT2D eigenvalue weighted by molar-refractivity contribution is -0.146. The zero-order valence-corrected chi connectivity index (χ0v) is 11.3. The summed E-state index contributed by atoms with van der Waals surface area (Å²) in [7, 11) is 0.